The third-order valence-corrected chi connectivity index (χ3v) is 3.45. The van der Waals surface area contributed by atoms with Gasteiger partial charge in [0.15, 0.2) is 0 Å². The first-order chi connectivity index (χ1) is 10.1. The standard InChI is InChI=1S/C16H11Cl2NO2/c17-15-9-8-13(11-16(15)18)5-2-1-4-12-6-3-7-14(10-12)19(20)21/h1-11H/b4-1+,5-2+. The highest BCUT2D eigenvalue weighted by Crippen LogP contribution is 2.23. The molecule has 0 aromatic heterocycles. The second kappa shape index (κ2) is 7.07. The van der Waals surface area contributed by atoms with Crippen LogP contribution in [-0.4, -0.2) is 4.92 Å². The number of non-ortho nitro benzene ring substituents is 1. The number of nitro benzene ring substituents is 1. The van der Waals surface area contributed by atoms with E-state index >= 15 is 0 Å². The van der Waals surface area contributed by atoms with Gasteiger partial charge in [0, 0.05) is 12.1 Å². The Morgan fingerprint density at radius 2 is 1.57 bits per heavy atom. The molecule has 0 spiro atoms. The first kappa shape index (κ1) is 15.3. The van der Waals surface area contributed by atoms with E-state index in [1.54, 1.807) is 30.3 Å². The molecule has 0 saturated heterocycles. The summed E-state index contributed by atoms with van der Waals surface area (Å²) in [7, 11) is 0. The molecule has 5 heteroatoms. The van der Waals surface area contributed by atoms with E-state index in [0.29, 0.717) is 10.0 Å². The zero-order valence-electron chi connectivity index (χ0n) is 10.9. The van der Waals surface area contributed by atoms with Gasteiger partial charge in [-0.25, -0.2) is 0 Å². The molecule has 0 unspecified atom stereocenters. The van der Waals surface area contributed by atoms with Crippen molar-refractivity contribution in [1.29, 1.82) is 0 Å². The summed E-state index contributed by atoms with van der Waals surface area (Å²) >= 11 is 11.8. The number of nitrogens with zero attached hydrogens (tertiary/aromatic N) is 1. The number of hydrogen-bond acceptors (Lipinski definition) is 2. The zero-order chi connectivity index (χ0) is 15.2. The Hall–Kier alpha value is -2.10. The fourth-order valence-electron chi connectivity index (χ4n) is 1.69. The van der Waals surface area contributed by atoms with Crippen LogP contribution in [0.2, 0.25) is 10.0 Å². The van der Waals surface area contributed by atoms with Crippen molar-refractivity contribution in [1.82, 2.24) is 0 Å². The van der Waals surface area contributed by atoms with Gasteiger partial charge in [-0.05, 0) is 23.3 Å². The van der Waals surface area contributed by atoms with Gasteiger partial charge in [-0.1, -0.05) is 65.7 Å². The van der Waals surface area contributed by atoms with Crippen molar-refractivity contribution in [2.75, 3.05) is 0 Å². The quantitative estimate of drug-likeness (QED) is 0.416. The SMILES string of the molecule is O=[N+]([O-])c1cccc(/C=C/C=C/c2ccc(Cl)c(Cl)c2)c1. The lowest BCUT2D eigenvalue weighted by Gasteiger charge is -1.96. The lowest BCUT2D eigenvalue weighted by atomic mass is 10.1. The lowest BCUT2D eigenvalue weighted by molar-refractivity contribution is -0.384. The monoisotopic (exact) mass is 319 g/mol. The van der Waals surface area contributed by atoms with Crippen LogP contribution < -0.4 is 0 Å². The number of nitro groups is 1. The molecule has 0 aliphatic rings. The van der Waals surface area contributed by atoms with Crippen LogP contribution in [0.5, 0.6) is 0 Å². The predicted molar refractivity (Wildman–Crippen MR) is 87.6 cm³/mol. The third-order valence-electron chi connectivity index (χ3n) is 2.71. The molecule has 0 saturated carbocycles. The van der Waals surface area contributed by atoms with Gasteiger partial charge in [-0.3, -0.25) is 10.1 Å². The number of halogens is 2. The van der Waals surface area contributed by atoms with Crippen LogP contribution in [0.3, 0.4) is 0 Å². The van der Waals surface area contributed by atoms with Crippen molar-refractivity contribution in [3.8, 4) is 0 Å². The molecule has 0 heterocycles. The van der Waals surface area contributed by atoms with E-state index in [9.17, 15) is 10.1 Å². The van der Waals surface area contributed by atoms with Gasteiger partial charge in [0.2, 0.25) is 0 Å². The maximum atomic E-state index is 10.7. The number of allylic oxidation sites excluding steroid dienone is 2. The van der Waals surface area contributed by atoms with Gasteiger partial charge >= 0.3 is 0 Å². The van der Waals surface area contributed by atoms with E-state index in [1.165, 1.54) is 12.1 Å². The van der Waals surface area contributed by atoms with E-state index in [1.807, 2.05) is 24.3 Å². The van der Waals surface area contributed by atoms with Crippen LogP contribution in [0, 0.1) is 10.1 Å². The molecule has 0 bridgehead atoms. The van der Waals surface area contributed by atoms with E-state index in [-0.39, 0.29) is 5.69 Å². The number of rotatable bonds is 4. The van der Waals surface area contributed by atoms with Crippen LogP contribution in [0.1, 0.15) is 11.1 Å². The van der Waals surface area contributed by atoms with Crippen molar-refractivity contribution < 1.29 is 4.92 Å². The molecule has 2 aromatic rings. The second-order valence-electron chi connectivity index (χ2n) is 4.24. The minimum Gasteiger partial charge on any atom is -0.258 e. The molecule has 21 heavy (non-hydrogen) atoms. The third kappa shape index (κ3) is 4.45. The fraction of sp³-hybridized carbons (Fsp3) is 0. The Labute approximate surface area is 132 Å². The first-order valence-corrected chi connectivity index (χ1v) is 6.86. The summed E-state index contributed by atoms with van der Waals surface area (Å²) in [4.78, 5) is 10.3. The smallest absolute Gasteiger partial charge is 0.258 e. The minimum absolute atomic E-state index is 0.0746. The molecule has 106 valence electrons. The average Bonchev–Trinajstić information content (AvgIpc) is 2.47. The highest BCUT2D eigenvalue weighted by Gasteiger charge is 2.03. The molecule has 2 rings (SSSR count). The molecular weight excluding hydrogens is 309 g/mol. The fourth-order valence-corrected chi connectivity index (χ4v) is 2.00. The maximum absolute atomic E-state index is 10.7. The van der Waals surface area contributed by atoms with Crippen LogP contribution in [0.25, 0.3) is 12.2 Å². The molecule has 0 radical (unpaired) electrons. The van der Waals surface area contributed by atoms with Crippen molar-refractivity contribution in [3.63, 3.8) is 0 Å². The van der Waals surface area contributed by atoms with Gasteiger partial charge in [0.25, 0.3) is 5.69 Å². The molecule has 0 N–H and O–H groups in total. The molecule has 2 aromatic carbocycles. The Morgan fingerprint density at radius 1 is 0.905 bits per heavy atom. The van der Waals surface area contributed by atoms with Gasteiger partial charge in [0.05, 0.1) is 15.0 Å². The topological polar surface area (TPSA) is 43.1 Å². The minimum atomic E-state index is -0.414. The van der Waals surface area contributed by atoms with E-state index in [4.69, 9.17) is 23.2 Å². The number of benzene rings is 2. The van der Waals surface area contributed by atoms with Gasteiger partial charge in [-0.2, -0.15) is 0 Å². The molecule has 0 amide bonds. The van der Waals surface area contributed by atoms with E-state index < -0.39 is 4.92 Å². The molecule has 0 aliphatic carbocycles. The molecule has 0 atom stereocenters. The second-order valence-corrected chi connectivity index (χ2v) is 5.06. The highest BCUT2D eigenvalue weighted by molar-refractivity contribution is 6.42. The van der Waals surface area contributed by atoms with Crippen LogP contribution in [0.15, 0.2) is 54.6 Å². The summed E-state index contributed by atoms with van der Waals surface area (Å²) < 4.78 is 0. The van der Waals surface area contributed by atoms with Gasteiger partial charge in [0.1, 0.15) is 0 Å². The van der Waals surface area contributed by atoms with E-state index in [2.05, 4.69) is 0 Å². The van der Waals surface area contributed by atoms with Crippen LogP contribution in [0.4, 0.5) is 5.69 Å². The Kier molecular flexibility index (Phi) is 5.14. The van der Waals surface area contributed by atoms with E-state index in [0.717, 1.165) is 11.1 Å². The Bertz CT molecular complexity index is 724. The molecular formula is C16H11Cl2NO2. The molecule has 0 fully saturated rings. The van der Waals surface area contributed by atoms with Crippen LogP contribution in [-0.2, 0) is 0 Å². The summed E-state index contributed by atoms with van der Waals surface area (Å²) in [5.74, 6) is 0. The zero-order valence-corrected chi connectivity index (χ0v) is 12.4. The van der Waals surface area contributed by atoms with Gasteiger partial charge < -0.3 is 0 Å². The van der Waals surface area contributed by atoms with Crippen molar-refractivity contribution in [3.05, 3.63) is 85.9 Å². The highest BCUT2D eigenvalue weighted by atomic mass is 35.5. The van der Waals surface area contributed by atoms with Crippen molar-refractivity contribution >= 4 is 41.0 Å². The van der Waals surface area contributed by atoms with Crippen LogP contribution >= 0.6 is 23.2 Å². The van der Waals surface area contributed by atoms with Crippen molar-refractivity contribution in [2.24, 2.45) is 0 Å². The summed E-state index contributed by atoms with van der Waals surface area (Å²) in [5, 5.41) is 11.7. The molecule has 3 nitrogen and oxygen atoms in total. The number of hydrogen-bond donors (Lipinski definition) is 0. The Balaban J connectivity index is 2.08. The van der Waals surface area contributed by atoms with Crippen molar-refractivity contribution in [2.45, 2.75) is 0 Å². The molecule has 0 aliphatic heterocycles. The summed E-state index contributed by atoms with van der Waals surface area (Å²) in [6.45, 7) is 0. The lowest BCUT2D eigenvalue weighted by Crippen LogP contribution is -1.87. The predicted octanol–water partition coefficient (Wildman–Crippen LogP) is 5.63. The normalized spacial score (nSPS) is 11.3. The maximum Gasteiger partial charge on any atom is 0.270 e. The average molecular weight is 320 g/mol. The largest absolute Gasteiger partial charge is 0.270 e. The summed E-state index contributed by atoms with van der Waals surface area (Å²) in [6, 6.07) is 11.8. The summed E-state index contributed by atoms with van der Waals surface area (Å²) in [5.41, 5.74) is 1.77. The first-order valence-electron chi connectivity index (χ1n) is 6.10. The Morgan fingerprint density at radius 3 is 2.19 bits per heavy atom. The summed E-state index contributed by atoms with van der Waals surface area (Å²) in [6.07, 6.45) is 7.30. The van der Waals surface area contributed by atoms with Gasteiger partial charge in [-0.15, -0.1) is 0 Å².